The average molecular weight is 430 g/mol. The Balaban J connectivity index is 1.28. The molecule has 1 saturated heterocycles. The number of hydrogen-bond donors (Lipinski definition) is 1. The molecule has 1 aliphatic rings. The third kappa shape index (κ3) is 6.42. The Kier molecular flexibility index (Phi) is 7.54. The SMILES string of the molecule is CN1CCN(CCc2ccc(NC(=O)c3cccc(OCc4ccccc4)c3)cc2)CC1. The number of benzene rings is 3. The molecule has 5 nitrogen and oxygen atoms in total. The lowest BCUT2D eigenvalue weighted by Crippen LogP contribution is -2.45. The van der Waals surface area contributed by atoms with Gasteiger partial charge in [0.25, 0.3) is 5.91 Å². The molecule has 5 heteroatoms. The number of nitrogens with zero attached hydrogens (tertiary/aromatic N) is 2. The van der Waals surface area contributed by atoms with E-state index in [4.69, 9.17) is 4.74 Å². The fourth-order valence-corrected chi connectivity index (χ4v) is 3.78. The van der Waals surface area contributed by atoms with Gasteiger partial charge in [0.1, 0.15) is 12.4 Å². The summed E-state index contributed by atoms with van der Waals surface area (Å²) in [5.74, 6) is 0.543. The molecule has 3 aromatic carbocycles. The van der Waals surface area contributed by atoms with Crippen LogP contribution in [0.5, 0.6) is 5.75 Å². The Labute approximate surface area is 190 Å². The normalized spacial score (nSPS) is 14.8. The van der Waals surface area contributed by atoms with Crippen LogP contribution in [0, 0.1) is 0 Å². The summed E-state index contributed by atoms with van der Waals surface area (Å²) in [6, 6.07) is 25.4. The standard InChI is InChI=1S/C27H31N3O2/c1-29-16-18-30(19-17-29)15-14-22-10-12-25(13-11-22)28-27(31)24-8-5-9-26(20-24)32-21-23-6-3-2-4-7-23/h2-13,20H,14-19,21H2,1H3,(H,28,31). The molecule has 1 heterocycles. The number of rotatable bonds is 8. The van der Waals surface area contributed by atoms with Crippen molar-refractivity contribution in [1.82, 2.24) is 9.80 Å². The van der Waals surface area contributed by atoms with Gasteiger partial charge in [-0.3, -0.25) is 4.79 Å². The minimum atomic E-state index is -0.139. The molecule has 0 radical (unpaired) electrons. The van der Waals surface area contributed by atoms with Crippen LogP contribution in [-0.4, -0.2) is 55.5 Å². The third-order valence-corrected chi connectivity index (χ3v) is 5.87. The highest BCUT2D eigenvalue weighted by Crippen LogP contribution is 2.17. The van der Waals surface area contributed by atoms with E-state index in [2.05, 4.69) is 34.3 Å². The van der Waals surface area contributed by atoms with E-state index in [1.807, 2.05) is 54.6 Å². The van der Waals surface area contributed by atoms with Crippen molar-refractivity contribution in [1.29, 1.82) is 0 Å². The van der Waals surface area contributed by atoms with Crippen LogP contribution in [0.15, 0.2) is 78.9 Å². The number of nitrogens with one attached hydrogen (secondary N) is 1. The van der Waals surface area contributed by atoms with E-state index in [-0.39, 0.29) is 5.91 Å². The summed E-state index contributed by atoms with van der Waals surface area (Å²) in [5, 5.41) is 2.99. The maximum Gasteiger partial charge on any atom is 0.255 e. The second-order valence-corrected chi connectivity index (χ2v) is 8.35. The quantitative estimate of drug-likeness (QED) is 0.580. The zero-order chi connectivity index (χ0) is 22.2. The van der Waals surface area contributed by atoms with Crippen LogP contribution in [0.1, 0.15) is 21.5 Å². The van der Waals surface area contributed by atoms with Gasteiger partial charge in [0.2, 0.25) is 0 Å². The number of likely N-dealkylation sites (N-methyl/N-ethyl adjacent to an activating group) is 1. The van der Waals surface area contributed by atoms with Gasteiger partial charge in [-0.25, -0.2) is 0 Å². The molecule has 0 aliphatic carbocycles. The number of hydrogen-bond acceptors (Lipinski definition) is 4. The molecule has 0 bridgehead atoms. The van der Waals surface area contributed by atoms with Crippen LogP contribution < -0.4 is 10.1 Å². The van der Waals surface area contributed by atoms with Gasteiger partial charge in [0, 0.05) is 44.0 Å². The molecule has 32 heavy (non-hydrogen) atoms. The number of carbonyl (C=O) groups excluding carboxylic acids is 1. The molecule has 4 rings (SSSR count). The van der Waals surface area contributed by atoms with Gasteiger partial charge < -0.3 is 19.9 Å². The van der Waals surface area contributed by atoms with Crippen molar-refractivity contribution in [3.63, 3.8) is 0 Å². The molecular formula is C27H31N3O2. The molecule has 0 saturated carbocycles. The second-order valence-electron chi connectivity index (χ2n) is 8.35. The summed E-state index contributed by atoms with van der Waals surface area (Å²) < 4.78 is 5.84. The Hall–Kier alpha value is -3.15. The Morgan fingerprint density at radius 2 is 1.62 bits per heavy atom. The molecule has 1 N–H and O–H groups in total. The van der Waals surface area contributed by atoms with Crippen molar-refractivity contribution in [3.05, 3.63) is 95.6 Å². The van der Waals surface area contributed by atoms with Crippen molar-refractivity contribution < 1.29 is 9.53 Å². The van der Waals surface area contributed by atoms with Gasteiger partial charge in [-0.1, -0.05) is 48.5 Å². The maximum atomic E-state index is 12.7. The summed E-state index contributed by atoms with van der Waals surface area (Å²) in [6.07, 6.45) is 1.03. The van der Waals surface area contributed by atoms with Crippen LogP contribution in [0.2, 0.25) is 0 Å². The summed E-state index contributed by atoms with van der Waals surface area (Å²) in [7, 11) is 2.18. The molecule has 1 amide bonds. The Morgan fingerprint density at radius 1 is 0.875 bits per heavy atom. The number of amides is 1. The van der Waals surface area contributed by atoms with Crippen LogP contribution >= 0.6 is 0 Å². The summed E-state index contributed by atoms with van der Waals surface area (Å²) in [5.41, 5.74) is 3.76. The smallest absolute Gasteiger partial charge is 0.255 e. The van der Waals surface area contributed by atoms with E-state index in [1.54, 1.807) is 12.1 Å². The average Bonchev–Trinajstić information content (AvgIpc) is 2.84. The molecular weight excluding hydrogens is 398 g/mol. The van der Waals surface area contributed by atoms with Crippen LogP contribution in [0.4, 0.5) is 5.69 Å². The predicted octanol–water partition coefficient (Wildman–Crippen LogP) is 4.31. The predicted molar refractivity (Wildman–Crippen MR) is 129 cm³/mol. The molecule has 166 valence electrons. The van der Waals surface area contributed by atoms with E-state index in [1.165, 1.54) is 5.56 Å². The maximum absolute atomic E-state index is 12.7. The van der Waals surface area contributed by atoms with Gasteiger partial charge in [-0.15, -0.1) is 0 Å². The fraction of sp³-hybridized carbons (Fsp3) is 0.296. The highest BCUT2D eigenvalue weighted by atomic mass is 16.5. The lowest BCUT2D eigenvalue weighted by atomic mass is 10.1. The molecule has 3 aromatic rings. The van der Waals surface area contributed by atoms with Crippen molar-refractivity contribution >= 4 is 11.6 Å². The van der Waals surface area contributed by atoms with Crippen molar-refractivity contribution in [2.45, 2.75) is 13.0 Å². The second kappa shape index (κ2) is 10.9. The lowest BCUT2D eigenvalue weighted by Gasteiger charge is -2.32. The largest absolute Gasteiger partial charge is 0.489 e. The molecule has 1 fully saturated rings. The fourth-order valence-electron chi connectivity index (χ4n) is 3.78. The number of anilines is 1. The van der Waals surface area contributed by atoms with Gasteiger partial charge >= 0.3 is 0 Å². The topological polar surface area (TPSA) is 44.8 Å². The first-order chi connectivity index (χ1) is 15.7. The van der Waals surface area contributed by atoms with Gasteiger partial charge in [-0.05, 0) is 54.9 Å². The minimum Gasteiger partial charge on any atom is -0.489 e. The first-order valence-electron chi connectivity index (χ1n) is 11.2. The molecule has 0 spiro atoms. The van der Waals surface area contributed by atoms with Gasteiger partial charge in [0.15, 0.2) is 0 Å². The number of ether oxygens (including phenoxy) is 1. The van der Waals surface area contributed by atoms with E-state index >= 15 is 0 Å². The van der Waals surface area contributed by atoms with Crippen molar-refractivity contribution in [3.8, 4) is 5.75 Å². The van der Waals surface area contributed by atoms with Gasteiger partial charge in [0.05, 0.1) is 0 Å². The van der Waals surface area contributed by atoms with Crippen LogP contribution in [-0.2, 0) is 13.0 Å². The van der Waals surface area contributed by atoms with Crippen LogP contribution in [0.3, 0.4) is 0 Å². The summed E-state index contributed by atoms with van der Waals surface area (Å²) in [6.45, 7) is 6.11. The number of piperazine rings is 1. The summed E-state index contributed by atoms with van der Waals surface area (Å²) in [4.78, 5) is 17.6. The Bertz CT molecular complexity index is 997. The Morgan fingerprint density at radius 3 is 2.38 bits per heavy atom. The van der Waals surface area contributed by atoms with Crippen molar-refractivity contribution in [2.75, 3.05) is 45.1 Å². The van der Waals surface area contributed by atoms with E-state index < -0.39 is 0 Å². The highest BCUT2D eigenvalue weighted by Gasteiger charge is 2.13. The highest BCUT2D eigenvalue weighted by molar-refractivity contribution is 6.04. The van der Waals surface area contributed by atoms with E-state index in [9.17, 15) is 4.79 Å². The minimum absolute atomic E-state index is 0.139. The molecule has 0 aromatic heterocycles. The van der Waals surface area contributed by atoms with Crippen LogP contribution in [0.25, 0.3) is 0 Å². The number of carbonyl (C=O) groups is 1. The zero-order valence-corrected chi connectivity index (χ0v) is 18.7. The first kappa shape index (κ1) is 22.1. The lowest BCUT2D eigenvalue weighted by molar-refractivity contribution is 0.102. The van der Waals surface area contributed by atoms with E-state index in [0.29, 0.717) is 17.9 Å². The van der Waals surface area contributed by atoms with E-state index in [0.717, 1.165) is 50.4 Å². The zero-order valence-electron chi connectivity index (χ0n) is 18.7. The monoisotopic (exact) mass is 429 g/mol. The molecule has 1 aliphatic heterocycles. The molecule has 0 atom stereocenters. The van der Waals surface area contributed by atoms with Gasteiger partial charge in [-0.2, -0.15) is 0 Å². The summed E-state index contributed by atoms with van der Waals surface area (Å²) >= 11 is 0. The molecule has 0 unspecified atom stereocenters. The van der Waals surface area contributed by atoms with Crippen molar-refractivity contribution in [2.24, 2.45) is 0 Å². The third-order valence-electron chi connectivity index (χ3n) is 5.87. The first-order valence-corrected chi connectivity index (χ1v) is 11.2.